The number of benzene rings is 1. The molecule has 7 nitrogen and oxygen atoms in total. The maximum atomic E-state index is 13.2. The summed E-state index contributed by atoms with van der Waals surface area (Å²) in [7, 11) is 1.54. The second kappa shape index (κ2) is 9.25. The number of carbonyl (C=O) groups is 2. The van der Waals surface area contributed by atoms with E-state index in [9.17, 15) is 14.4 Å². The van der Waals surface area contributed by atoms with Crippen molar-refractivity contribution in [3.63, 3.8) is 0 Å². The van der Waals surface area contributed by atoms with Crippen LogP contribution < -0.4 is 15.7 Å². The smallest absolute Gasteiger partial charge is 0.349 e. The van der Waals surface area contributed by atoms with Crippen molar-refractivity contribution in [1.29, 1.82) is 0 Å². The number of hydrogen-bond acceptors (Lipinski definition) is 7. The van der Waals surface area contributed by atoms with Crippen LogP contribution in [0.15, 0.2) is 33.5 Å². The molecule has 1 N–H and O–H groups in total. The van der Waals surface area contributed by atoms with Crippen LogP contribution in [0.1, 0.15) is 65.3 Å². The van der Waals surface area contributed by atoms with Crippen LogP contribution in [0.5, 0.6) is 5.75 Å². The second-order valence-electron chi connectivity index (χ2n) is 9.54. The number of amides is 1. The zero-order valence-corrected chi connectivity index (χ0v) is 20.9. The molecule has 0 fully saturated rings. The van der Waals surface area contributed by atoms with E-state index in [-0.39, 0.29) is 17.6 Å². The summed E-state index contributed by atoms with van der Waals surface area (Å²) in [6, 6.07) is 6.47. The van der Waals surface area contributed by atoms with E-state index < -0.39 is 17.5 Å². The van der Waals surface area contributed by atoms with Gasteiger partial charge in [-0.15, -0.1) is 11.3 Å². The number of rotatable bonds is 5. The molecule has 180 valence electrons. The summed E-state index contributed by atoms with van der Waals surface area (Å²) in [5.74, 6) is -0.0359. The number of nitrogens with one attached hydrogen (secondary N) is 1. The Morgan fingerprint density at radius 3 is 2.68 bits per heavy atom. The number of esters is 1. The predicted molar refractivity (Wildman–Crippen MR) is 132 cm³/mol. The number of hydrogen-bond donors (Lipinski definition) is 1. The molecule has 0 radical (unpaired) electrons. The molecule has 2 heterocycles. The van der Waals surface area contributed by atoms with E-state index in [0.29, 0.717) is 33.2 Å². The van der Waals surface area contributed by atoms with Crippen LogP contribution in [0.4, 0.5) is 5.00 Å². The Bertz CT molecular complexity index is 1310. The summed E-state index contributed by atoms with van der Waals surface area (Å²) in [6.45, 7) is 8.65. The molecule has 1 aliphatic carbocycles. The highest BCUT2D eigenvalue weighted by Crippen LogP contribution is 2.44. The van der Waals surface area contributed by atoms with E-state index in [0.717, 1.165) is 29.7 Å². The molecule has 1 unspecified atom stereocenters. The molecule has 1 aliphatic rings. The number of ether oxygens (including phenoxy) is 2. The minimum absolute atomic E-state index is 0.139. The van der Waals surface area contributed by atoms with Crippen LogP contribution in [0.2, 0.25) is 0 Å². The highest BCUT2D eigenvalue weighted by Gasteiger charge is 2.34. The normalized spacial score (nSPS) is 15.6. The van der Waals surface area contributed by atoms with Gasteiger partial charge in [-0.05, 0) is 67.3 Å². The summed E-state index contributed by atoms with van der Waals surface area (Å²) in [4.78, 5) is 39.6. The first kappa shape index (κ1) is 24.0. The van der Waals surface area contributed by atoms with Crippen molar-refractivity contribution in [2.24, 2.45) is 11.3 Å². The molecule has 1 amide bonds. The van der Waals surface area contributed by atoms with Crippen molar-refractivity contribution in [3.8, 4) is 5.75 Å². The monoisotopic (exact) mass is 483 g/mol. The fourth-order valence-corrected chi connectivity index (χ4v) is 5.70. The molecular formula is C26H29NO6S. The summed E-state index contributed by atoms with van der Waals surface area (Å²) in [5.41, 5.74) is 0.940. The topological polar surface area (TPSA) is 94.8 Å². The first-order valence-electron chi connectivity index (χ1n) is 11.4. The number of anilines is 1. The van der Waals surface area contributed by atoms with Gasteiger partial charge >= 0.3 is 11.6 Å². The highest BCUT2D eigenvalue weighted by molar-refractivity contribution is 7.17. The SMILES string of the molecule is CCOC(=O)c1c(NC(=O)c2cc3cc(OC)ccc3oc2=O)sc2c1CCC(C(C)(C)C)C2. The fourth-order valence-electron chi connectivity index (χ4n) is 4.39. The molecule has 2 aromatic heterocycles. The van der Waals surface area contributed by atoms with Gasteiger partial charge in [0.25, 0.3) is 5.91 Å². The lowest BCUT2D eigenvalue weighted by Crippen LogP contribution is -2.26. The second-order valence-corrected chi connectivity index (χ2v) is 10.6. The zero-order valence-electron chi connectivity index (χ0n) is 20.1. The number of thiophene rings is 1. The molecule has 0 bridgehead atoms. The third-order valence-corrected chi connectivity index (χ3v) is 7.55. The van der Waals surface area contributed by atoms with E-state index in [1.807, 2.05) is 0 Å². The van der Waals surface area contributed by atoms with Gasteiger partial charge in [0.15, 0.2) is 0 Å². The molecule has 1 atom stereocenters. The van der Waals surface area contributed by atoms with Gasteiger partial charge in [0.1, 0.15) is 21.9 Å². The van der Waals surface area contributed by atoms with Crippen LogP contribution in [0.25, 0.3) is 11.0 Å². The van der Waals surface area contributed by atoms with E-state index in [4.69, 9.17) is 13.9 Å². The van der Waals surface area contributed by atoms with Crippen LogP contribution in [0, 0.1) is 11.3 Å². The highest BCUT2D eigenvalue weighted by atomic mass is 32.1. The van der Waals surface area contributed by atoms with Gasteiger partial charge in [-0.3, -0.25) is 4.79 Å². The Balaban J connectivity index is 1.71. The largest absolute Gasteiger partial charge is 0.497 e. The summed E-state index contributed by atoms with van der Waals surface area (Å²) >= 11 is 1.39. The van der Waals surface area contributed by atoms with Gasteiger partial charge in [-0.2, -0.15) is 0 Å². The first-order chi connectivity index (χ1) is 16.1. The third-order valence-electron chi connectivity index (χ3n) is 6.38. The molecule has 0 saturated carbocycles. The first-order valence-corrected chi connectivity index (χ1v) is 12.2. The predicted octanol–water partition coefficient (Wildman–Crippen LogP) is 5.44. The van der Waals surface area contributed by atoms with E-state index in [1.165, 1.54) is 24.5 Å². The fraction of sp³-hybridized carbons (Fsp3) is 0.423. The lowest BCUT2D eigenvalue weighted by molar-refractivity contribution is 0.0526. The van der Waals surface area contributed by atoms with Crippen molar-refractivity contribution in [3.05, 3.63) is 56.3 Å². The molecule has 8 heteroatoms. The summed E-state index contributed by atoms with van der Waals surface area (Å²) < 4.78 is 15.9. The van der Waals surface area contributed by atoms with Gasteiger partial charge in [-0.25, -0.2) is 9.59 Å². The van der Waals surface area contributed by atoms with Crippen molar-refractivity contribution >= 4 is 39.2 Å². The van der Waals surface area contributed by atoms with Crippen molar-refractivity contribution < 1.29 is 23.5 Å². The Labute approximate surface area is 202 Å². The van der Waals surface area contributed by atoms with Gasteiger partial charge in [0.05, 0.1) is 19.3 Å². The third kappa shape index (κ3) is 4.59. The Kier molecular flexibility index (Phi) is 6.53. The number of methoxy groups -OCH3 is 1. The maximum Gasteiger partial charge on any atom is 0.349 e. The summed E-state index contributed by atoms with van der Waals surface area (Å²) in [5, 5.41) is 3.77. The summed E-state index contributed by atoms with van der Waals surface area (Å²) in [6.07, 6.45) is 2.54. The average Bonchev–Trinajstić information content (AvgIpc) is 3.14. The molecule has 3 aromatic rings. The van der Waals surface area contributed by atoms with Gasteiger partial charge < -0.3 is 19.2 Å². The minimum atomic E-state index is -0.748. The molecule has 0 spiro atoms. The van der Waals surface area contributed by atoms with E-state index in [2.05, 4.69) is 26.1 Å². The van der Waals surface area contributed by atoms with Crippen LogP contribution >= 0.6 is 11.3 Å². The van der Waals surface area contributed by atoms with Crippen LogP contribution in [-0.4, -0.2) is 25.6 Å². The van der Waals surface area contributed by atoms with Crippen molar-refractivity contribution in [1.82, 2.24) is 0 Å². The van der Waals surface area contributed by atoms with Crippen LogP contribution in [0.3, 0.4) is 0 Å². The molecule has 4 rings (SSSR count). The minimum Gasteiger partial charge on any atom is -0.497 e. The molecule has 0 saturated heterocycles. The zero-order chi connectivity index (χ0) is 24.6. The molecule has 1 aromatic carbocycles. The molecular weight excluding hydrogens is 454 g/mol. The van der Waals surface area contributed by atoms with Gasteiger partial charge in [0, 0.05) is 10.3 Å². The number of carbonyl (C=O) groups excluding carboxylic acids is 2. The van der Waals surface area contributed by atoms with Crippen molar-refractivity contribution in [2.45, 2.75) is 47.0 Å². The average molecular weight is 484 g/mol. The Morgan fingerprint density at radius 1 is 1.24 bits per heavy atom. The van der Waals surface area contributed by atoms with E-state index in [1.54, 1.807) is 25.1 Å². The Hall–Kier alpha value is -3.13. The van der Waals surface area contributed by atoms with Gasteiger partial charge in [-0.1, -0.05) is 20.8 Å². The number of fused-ring (bicyclic) bond motifs is 2. The van der Waals surface area contributed by atoms with E-state index >= 15 is 0 Å². The standard InChI is InChI=1S/C26H29NO6S/c1-6-32-25(30)21-17-9-7-15(26(2,3)4)13-20(17)34-23(21)27-22(28)18-12-14-11-16(31-5)8-10-19(14)33-24(18)29/h8,10-12,15H,6-7,9,13H2,1-5H3,(H,27,28). The van der Waals surface area contributed by atoms with Crippen LogP contribution in [-0.2, 0) is 17.6 Å². The van der Waals surface area contributed by atoms with Gasteiger partial charge in [0.2, 0.25) is 0 Å². The Morgan fingerprint density at radius 2 is 2.00 bits per heavy atom. The van der Waals surface area contributed by atoms with Crippen molar-refractivity contribution in [2.75, 3.05) is 19.0 Å². The maximum absolute atomic E-state index is 13.2. The lowest BCUT2D eigenvalue weighted by atomic mass is 9.72. The molecule has 34 heavy (non-hydrogen) atoms. The lowest BCUT2D eigenvalue weighted by Gasteiger charge is -2.33. The quantitative estimate of drug-likeness (QED) is 0.383. The molecule has 0 aliphatic heterocycles.